The maximum Gasteiger partial charge on any atom is 0.127 e. The second-order valence-corrected chi connectivity index (χ2v) is 10.5. The van der Waals surface area contributed by atoms with Crippen molar-refractivity contribution in [3.8, 4) is 5.75 Å². The standard InChI is InChI=1S/C12H19FO2Si/c1-15-11-6-9(5-10(13)7-11)12(8-14)16(2,3)4/h5-7,12,14H,8H2,1-4H3. The Labute approximate surface area is 97.1 Å². The molecular formula is C12H19FO2Si. The summed E-state index contributed by atoms with van der Waals surface area (Å²) in [6, 6.07) is 4.64. The van der Waals surface area contributed by atoms with Gasteiger partial charge in [0.15, 0.2) is 0 Å². The minimum atomic E-state index is -1.56. The molecule has 1 N–H and O–H groups in total. The summed E-state index contributed by atoms with van der Waals surface area (Å²) in [5.41, 5.74) is 0.871. The maximum absolute atomic E-state index is 13.4. The summed E-state index contributed by atoms with van der Waals surface area (Å²) in [6.45, 7) is 6.53. The Bertz CT molecular complexity index is 361. The van der Waals surface area contributed by atoms with E-state index in [4.69, 9.17) is 4.74 Å². The zero-order chi connectivity index (χ0) is 12.3. The normalized spacial score (nSPS) is 13.6. The Morgan fingerprint density at radius 2 is 1.94 bits per heavy atom. The molecule has 1 aromatic rings. The molecule has 2 nitrogen and oxygen atoms in total. The molecule has 0 aliphatic rings. The van der Waals surface area contributed by atoms with E-state index >= 15 is 0 Å². The molecule has 90 valence electrons. The molecule has 0 saturated carbocycles. The van der Waals surface area contributed by atoms with Crippen molar-refractivity contribution in [2.45, 2.75) is 25.2 Å². The van der Waals surface area contributed by atoms with Gasteiger partial charge in [0.25, 0.3) is 0 Å². The van der Waals surface area contributed by atoms with Crippen LogP contribution in [-0.2, 0) is 0 Å². The van der Waals surface area contributed by atoms with Crippen LogP contribution in [0.15, 0.2) is 18.2 Å². The van der Waals surface area contributed by atoms with Crippen molar-refractivity contribution in [2.75, 3.05) is 13.7 Å². The fourth-order valence-electron chi connectivity index (χ4n) is 1.78. The molecule has 0 amide bonds. The fourth-order valence-corrected chi connectivity index (χ4v) is 3.50. The van der Waals surface area contributed by atoms with Gasteiger partial charge in [0.05, 0.1) is 15.2 Å². The van der Waals surface area contributed by atoms with Crippen LogP contribution in [0.25, 0.3) is 0 Å². The Morgan fingerprint density at radius 3 is 2.38 bits per heavy atom. The highest BCUT2D eigenvalue weighted by atomic mass is 28.3. The first kappa shape index (κ1) is 13.2. The van der Waals surface area contributed by atoms with Gasteiger partial charge in [0, 0.05) is 18.2 Å². The van der Waals surface area contributed by atoms with Crippen LogP contribution in [0.4, 0.5) is 4.39 Å². The predicted molar refractivity (Wildman–Crippen MR) is 66.1 cm³/mol. The van der Waals surface area contributed by atoms with Gasteiger partial charge < -0.3 is 9.84 Å². The summed E-state index contributed by atoms with van der Waals surface area (Å²) in [4.78, 5) is 0. The highest BCUT2D eigenvalue weighted by Crippen LogP contribution is 2.29. The van der Waals surface area contributed by atoms with Gasteiger partial charge in [-0.3, -0.25) is 0 Å². The number of aliphatic hydroxyl groups is 1. The minimum absolute atomic E-state index is 0.0390. The Balaban J connectivity index is 3.15. The van der Waals surface area contributed by atoms with E-state index in [0.717, 1.165) is 5.56 Å². The molecule has 0 bridgehead atoms. The summed E-state index contributed by atoms with van der Waals surface area (Å²) < 4.78 is 18.4. The van der Waals surface area contributed by atoms with Gasteiger partial charge in [-0.1, -0.05) is 19.6 Å². The van der Waals surface area contributed by atoms with Crippen LogP contribution < -0.4 is 4.74 Å². The predicted octanol–water partition coefficient (Wildman–Crippen LogP) is 2.79. The Morgan fingerprint density at radius 1 is 1.31 bits per heavy atom. The molecule has 0 aliphatic carbocycles. The van der Waals surface area contributed by atoms with E-state index in [1.54, 1.807) is 0 Å². The van der Waals surface area contributed by atoms with Crippen molar-refractivity contribution in [3.63, 3.8) is 0 Å². The quantitative estimate of drug-likeness (QED) is 0.823. The van der Waals surface area contributed by atoms with Crippen molar-refractivity contribution in [1.29, 1.82) is 0 Å². The summed E-state index contributed by atoms with van der Waals surface area (Å²) >= 11 is 0. The van der Waals surface area contributed by atoms with Gasteiger partial charge in [0.2, 0.25) is 0 Å². The zero-order valence-electron chi connectivity index (χ0n) is 10.2. The van der Waals surface area contributed by atoms with E-state index in [2.05, 4.69) is 19.6 Å². The lowest BCUT2D eigenvalue weighted by atomic mass is 10.1. The molecule has 1 unspecified atom stereocenters. The highest BCUT2D eigenvalue weighted by Gasteiger charge is 2.28. The molecule has 0 radical (unpaired) electrons. The van der Waals surface area contributed by atoms with Gasteiger partial charge >= 0.3 is 0 Å². The zero-order valence-corrected chi connectivity index (χ0v) is 11.2. The SMILES string of the molecule is COc1cc(F)cc(C(CO)[Si](C)(C)C)c1. The first-order valence-electron chi connectivity index (χ1n) is 5.34. The van der Waals surface area contributed by atoms with Crippen LogP contribution in [-0.4, -0.2) is 26.9 Å². The van der Waals surface area contributed by atoms with E-state index in [1.807, 2.05) is 6.07 Å². The van der Waals surface area contributed by atoms with Crippen LogP contribution >= 0.6 is 0 Å². The second kappa shape index (κ2) is 4.97. The van der Waals surface area contributed by atoms with Crippen LogP contribution in [0.5, 0.6) is 5.75 Å². The third kappa shape index (κ3) is 3.06. The maximum atomic E-state index is 13.4. The Kier molecular flexibility index (Phi) is 4.10. The smallest absolute Gasteiger partial charge is 0.127 e. The molecule has 0 spiro atoms. The summed E-state index contributed by atoms with van der Waals surface area (Å²) in [5, 5.41) is 9.44. The average Bonchev–Trinajstić information content (AvgIpc) is 2.15. The first-order chi connectivity index (χ1) is 7.38. The molecular weight excluding hydrogens is 223 g/mol. The number of hydrogen-bond donors (Lipinski definition) is 1. The van der Waals surface area contributed by atoms with E-state index in [-0.39, 0.29) is 18.0 Å². The largest absolute Gasteiger partial charge is 0.497 e. The topological polar surface area (TPSA) is 29.5 Å². The van der Waals surface area contributed by atoms with E-state index < -0.39 is 8.07 Å². The van der Waals surface area contributed by atoms with Crippen molar-refractivity contribution in [1.82, 2.24) is 0 Å². The summed E-state index contributed by atoms with van der Waals surface area (Å²) in [6.07, 6.45) is 0. The molecule has 0 heterocycles. The number of halogens is 1. The molecule has 4 heteroatoms. The van der Waals surface area contributed by atoms with E-state index in [9.17, 15) is 9.50 Å². The average molecular weight is 242 g/mol. The number of ether oxygens (including phenoxy) is 1. The molecule has 16 heavy (non-hydrogen) atoms. The Hall–Kier alpha value is -0.873. The number of benzene rings is 1. The lowest BCUT2D eigenvalue weighted by Gasteiger charge is -2.27. The summed E-state index contributed by atoms with van der Waals surface area (Å²) in [7, 11) is -0.0434. The van der Waals surface area contributed by atoms with Crippen LogP contribution in [0.3, 0.4) is 0 Å². The third-order valence-electron chi connectivity index (χ3n) is 2.76. The molecule has 1 atom stereocenters. The molecule has 0 fully saturated rings. The van der Waals surface area contributed by atoms with Gasteiger partial charge in [-0.15, -0.1) is 0 Å². The molecule has 0 aliphatic heterocycles. The molecule has 1 aromatic carbocycles. The van der Waals surface area contributed by atoms with Crippen LogP contribution in [0.2, 0.25) is 19.6 Å². The van der Waals surface area contributed by atoms with Gasteiger partial charge in [-0.2, -0.15) is 0 Å². The molecule has 1 rings (SSSR count). The van der Waals surface area contributed by atoms with Crippen LogP contribution in [0, 0.1) is 5.82 Å². The lowest BCUT2D eigenvalue weighted by Crippen LogP contribution is -2.33. The summed E-state index contributed by atoms with van der Waals surface area (Å²) in [5.74, 6) is 0.192. The van der Waals surface area contributed by atoms with Gasteiger partial charge in [-0.25, -0.2) is 4.39 Å². The van der Waals surface area contributed by atoms with Gasteiger partial charge in [-0.05, 0) is 17.7 Å². The number of hydrogen-bond acceptors (Lipinski definition) is 2. The monoisotopic (exact) mass is 242 g/mol. The van der Waals surface area contributed by atoms with Gasteiger partial charge in [0.1, 0.15) is 11.6 Å². The highest BCUT2D eigenvalue weighted by molar-refractivity contribution is 6.77. The van der Waals surface area contributed by atoms with Crippen LogP contribution in [0.1, 0.15) is 11.1 Å². The number of rotatable bonds is 4. The number of methoxy groups -OCH3 is 1. The molecule has 0 saturated heterocycles. The van der Waals surface area contributed by atoms with Crippen molar-refractivity contribution < 1.29 is 14.2 Å². The van der Waals surface area contributed by atoms with Crippen molar-refractivity contribution in [2.24, 2.45) is 0 Å². The number of aliphatic hydroxyl groups excluding tert-OH is 1. The molecule has 0 aromatic heterocycles. The van der Waals surface area contributed by atoms with Crippen molar-refractivity contribution in [3.05, 3.63) is 29.6 Å². The minimum Gasteiger partial charge on any atom is -0.497 e. The second-order valence-electron chi connectivity index (χ2n) is 5.03. The third-order valence-corrected chi connectivity index (χ3v) is 5.37. The first-order valence-corrected chi connectivity index (χ1v) is 8.91. The van der Waals surface area contributed by atoms with E-state index in [1.165, 1.54) is 19.2 Å². The van der Waals surface area contributed by atoms with E-state index in [0.29, 0.717) is 5.75 Å². The lowest BCUT2D eigenvalue weighted by molar-refractivity contribution is 0.290. The fraction of sp³-hybridized carbons (Fsp3) is 0.500. The van der Waals surface area contributed by atoms with Crippen molar-refractivity contribution >= 4 is 8.07 Å².